The summed E-state index contributed by atoms with van der Waals surface area (Å²) in [6, 6.07) is 0. The van der Waals surface area contributed by atoms with E-state index < -0.39 is 0 Å². The van der Waals surface area contributed by atoms with Gasteiger partial charge in [-0.2, -0.15) is 0 Å². The van der Waals surface area contributed by atoms with E-state index in [0.29, 0.717) is 26.1 Å². The lowest BCUT2D eigenvalue weighted by atomic mass is 10.1. The van der Waals surface area contributed by atoms with Gasteiger partial charge in [-0.05, 0) is 26.2 Å². The van der Waals surface area contributed by atoms with Crippen LogP contribution in [0.4, 0.5) is 0 Å². The number of carbonyl (C=O) groups is 1. The van der Waals surface area contributed by atoms with Crippen LogP contribution in [0.1, 0.15) is 32.6 Å². The first-order valence-corrected chi connectivity index (χ1v) is 6.45. The van der Waals surface area contributed by atoms with Crippen molar-refractivity contribution in [1.29, 1.82) is 0 Å². The number of aliphatic hydroxyl groups excluding tert-OH is 1. The number of ether oxygens (including phenoxy) is 1. The molecule has 17 heavy (non-hydrogen) atoms. The minimum atomic E-state index is -0.346. The van der Waals surface area contributed by atoms with Gasteiger partial charge in [0.1, 0.15) is 0 Å². The van der Waals surface area contributed by atoms with Crippen molar-refractivity contribution in [2.45, 2.75) is 44.8 Å². The Labute approximate surface area is 103 Å². The SMILES string of the molecule is CC(O)CNCCNC(=O)CC1CCCCO1. The second-order valence-electron chi connectivity index (χ2n) is 4.60. The zero-order valence-electron chi connectivity index (χ0n) is 10.6. The first-order valence-electron chi connectivity index (χ1n) is 6.45. The Balaban J connectivity index is 1.97. The number of nitrogens with one attached hydrogen (secondary N) is 2. The van der Waals surface area contributed by atoms with Gasteiger partial charge >= 0.3 is 0 Å². The molecule has 0 saturated carbocycles. The molecule has 1 aliphatic rings. The quantitative estimate of drug-likeness (QED) is 0.553. The molecule has 2 unspecified atom stereocenters. The van der Waals surface area contributed by atoms with Gasteiger partial charge in [0.15, 0.2) is 0 Å². The predicted molar refractivity (Wildman–Crippen MR) is 65.8 cm³/mol. The fourth-order valence-electron chi connectivity index (χ4n) is 1.85. The molecule has 3 N–H and O–H groups in total. The summed E-state index contributed by atoms with van der Waals surface area (Å²) in [5.41, 5.74) is 0. The fraction of sp³-hybridized carbons (Fsp3) is 0.917. The average Bonchev–Trinajstić information content (AvgIpc) is 2.29. The van der Waals surface area contributed by atoms with Crippen molar-refractivity contribution in [2.24, 2.45) is 0 Å². The van der Waals surface area contributed by atoms with E-state index >= 15 is 0 Å². The Hall–Kier alpha value is -0.650. The number of amides is 1. The van der Waals surface area contributed by atoms with Crippen LogP contribution in [0, 0.1) is 0 Å². The molecule has 0 bridgehead atoms. The van der Waals surface area contributed by atoms with E-state index in [4.69, 9.17) is 9.84 Å². The highest BCUT2D eigenvalue weighted by Crippen LogP contribution is 2.15. The Kier molecular flexibility index (Phi) is 7.16. The number of aliphatic hydroxyl groups is 1. The summed E-state index contributed by atoms with van der Waals surface area (Å²) >= 11 is 0. The van der Waals surface area contributed by atoms with Crippen molar-refractivity contribution in [3.63, 3.8) is 0 Å². The molecule has 1 aliphatic heterocycles. The average molecular weight is 244 g/mol. The van der Waals surface area contributed by atoms with Gasteiger partial charge in [0.2, 0.25) is 5.91 Å². The van der Waals surface area contributed by atoms with E-state index in [2.05, 4.69) is 10.6 Å². The van der Waals surface area contributed by atoms with E-state index in [0.717, 1.165) is 25.9 Å². The summed E-state index contributed by atoms with van der Waals surface area (Å²) in [5, 5.41) is 14.9. The maximum absolute atomic E-state index is 11.5. The molecule has 5 nitrogen and oxygen atoms in total. The predicted octanol–water partition coefficient (Wildman–Crippen LogP) is 0.0322. The molecule has 2 atom stereocenters. The summed E-state index contributed by atoms with van der Waals surface area (Å²) in [6.45, 7) is 4.35. The second kappa shape index (κ2) is 8.44. The first-order chi connectivity index (χ1) is 8.18. The lowest BCUT2D eigenvalue weighted by molar-refractivity contribution is -0.124. The zero-order chi connectivity index (χ0) is 12.5. The number of hydrogen-bond acceptors (Lipinski definition) is 4. The van der Waals surface area contributed by atoms with Crippen molar-refractivity contribution >= 4 is 5.91 Å². The maximum atomic E-state index is 11.5. The molecule has 0 aromatic carbocycles. The van der Waals surface area contributed by atoms with Gasteiger partial charge in [-0.25, -0.2) is 0 Å². The van der Waals surface area contributed by atoms with Crippen molar-refractivity contribution < 1.29 is 14.6 Å². The molecular formula is C12H24N2O3. The Morgan fingerprint density at radius 1 is 1.47 bits per heavy atom. The smallest absolute Gasteiger partial charge is 0.222 e. The summed E-state index contributed by atoms with van der Waals surface area (Å²) < 4.78 is 5.50. The lowest BCUT2D eigenvalue weighted by Crippen LogP contribution is -2.36. The fourth-order valence-corrected chi connectivity index (χ4v) is 1.85. The molecule has 1 saturated heterocycles. The third kappa shape index (κ3) is 7.31. The van der Waals surface area contributed by atoms with E-state index in [1.807, 2.05) is 0 Å². The zero-order valence-corrected chi connectivity index (χ0v) is 10.6. The molecular weight excluding hydrogens is 220 g/mol. The van der Waals surface area contributed by atoms with Crippen molar-refractivity contribution in [3.8, 4) is 0 Å². The van der Waals surface area contributed by atoms with Crippen LogP contribution in [0.15, 0.2) is 0 Å². The summed E-state index contributed by atoms with van der Waals surface area (Å²) in [5.74, 6) is 0.0516. The van der Waals surface area contributed by atoms with E-state index in [9.17, 15) is 4.79 Å². The highest BCUT2D eigenvalue weighted by atomic mass is 16.5. The topological polar surface area (TPSA) is 70.6 Å². The van der Waals surface area contributed by atoms with Crippen LogP contribution in [-0.2, 0) is 9.53 Å². The summed E-state index contributed by atoms with van der Waals surface area (Å²) in [7, 11) is 0. The van der Waals surface area contributed by atoms with Crippen LogP contribution in [0.25, 0.3) is 0 Å². The van der Waals surface area contributed by atoms with Gasteiger partial charge in [0.25, 0.3) is 0 Å². The highest BCUT2D eigenvalue weighted by molar-refractivity contribution is 5.76. The minimum Gasteiger partial charge on any atom is -0.392 e. The van der Waals surface area contributed by atoms with Gasteiger partial charge in [0, 0.05) is 26.2 Å². The van der Waals surface area contributed by atoms with Crippen molar-refractivity contribution in [2.75, 3.05) is 26.2 Å². The van der Waals surface area contributed by atoms with Gasteiger partial charge < -0.3 is 20.5 Å². The van der Waals surface area contributed by atoms with E-state index in [1.54, 1.807) is 6.92 Å². The minimum absolute atomic E-state index is 0.0516. The molecule has 0 radical (unpaired) electrons. The monoisotopic (exact) mass is 244 g/mol. The molecule has 0 aliphatic carbocycles. The van der Waals surface area contributed by atoms with Crippen LogP contribution in [0.5, 0.6) is 0 Å². The van der Waals surface area contributed by atoms with Crippen molar-refractivity contribution in [1.82, 2.24) is 10.6 Å². The van der Waals surface area contributed by atoms with Gasteiger partial charge in [-0.1, -0.05) is 0 Å². The molecule has 0 aromatic heterocycles. The molecule has 100 valence electrons. The maximum Gasteiger partial charge on any atom is 0.222 e. The van der Waals surface area contributed by atoms with Crippen LogP contribution >= 0.6 is 0 Å². The molecule has 1 rings (SSSR count). The number of carbonyl (C=O) groups excluding carboxylic acids is 1. The molecule has 1 heterocycles. The van der Waals surface area contributed by atoms with Gasteiger partial charge in [-0.3, -0.25) is 4.79 Å². The highest BCUT2D eigenvalue weighted by Gasteiger charge is 2.16. The van der Waals surface area contributed by atoms with Crippen LogP contribution in [-0.4, -0.2) is 49.5 Å². The number of rotatable bonds is 7. The standard InChI is InChI=1S/C12H24N2O3/c1-10(15)9-13-5-6-14-12(16)8-11-4-2-3-7-17-11/h10-11,13,15H,2-9H2,1H3,(H,14,16). The van der Waals surface area contributed by atoms with Crippen LogP contribution in [0.3, 0.4) is 0 Å². The van der Waals surface area contributed by atoms with Gasteiger partial charge in [0.05, 0.1) is 18.6 Å². The lowest BCUT2D eigenvalue weighted by Gasteiger charge is -2.21. The Bertz CT molecular complexity index is 216. The Morgan fingerprint density at radius 2 is 2.29 bits per heavy atom. The van der Waals surface area contributed by atoms with Crippen molar-refractivity contribution in [3.05, 3.63) is 0 Å². The normalized spacial score (nSPS) is 22.1. The van der Waals surface area contributed by atoms with Crippen LogP contribution in [0.2, 0.25) is 0 Å². The Morgan fingerprint density at radius 3 is 2.94 bits per heavy atom. The molecule has 0 aromatic rings. The molecule has 1 fully saturated rings. The van der Waals surface area contributed by atoms with E-state index in [-0.39, 0.29) is 18.1 Å². The van der Waals surface area contributed by atoms with E-state index in [1.165, 1.54) is 0 Å². The first kappa shape index (κ1) is 14.4. The molecule has 5 heteroatoms. The second-order valence-corrected chi connectivity index (χ2v) is 4.60. The van der Waals surface area contributed by atoms with Gasteiger partial charge in [-0.15, -0.1) is 0 Å². The largest absolute Gasteiger partial charge is 0.392 e. The molecule has 1 amide bonds. The summed E-state index contributed by atoms with van der Waals surface area (Å²) in [6.07, 6.45) is 3.50. The number of hydrogen-bond donors (Lipinski definition) is 3. The third-order valence-electron chi connectivity index (χ3n) is 2.75. The molecule has 0 spiro atoms. The summed E-state index contributed by atoms with van der Waals surface area (Å²) in [4.78, 5) is 11.5. The van der Waals surface area contributed by atoms with Crippen LogP contribution < -0.4 is 10.6 Å². The third-order valence-corrected chi connectivity index (χ3v) is 2.75.